The normalized spacial score (nSPS) is 16.8. The van der Waals surface area contributed by atoms with Gasteiger partial charge in [-0.1, -0.05) is 24.3 Å². The molecule has 1 aromatic rings. The van der Waals surface area contributed by atoms with Crippen LogP contribution in [0.25, 0.3) is 0 Å². The maximum Gasteiger partial charge on any atom is 0.237 e. The molecule has 110 valence electrons. The smallest absolute Gasteiger partial charge is 0.237 e. The minimum atomic E-state index is -0.183. The zero-order valence-corrected chi connectivity index (χ0v) is 13.0. The first kappa shape index (κ1) is 15.0. The molecule has 2 rings (SSSR count). The van der Waals surface area contributed by atoms with Gasteiger partial charge < -0.3 is 10.6 Å². The van der Waals surface area contributed by atoms with E-state index in [1.807, 2.05) is 27.7 Å². The van der Waals surface area contributed by atoms with Crippen molar-refractivity contribution in [1.82, 2.24) is 10.6 Å². The summed E-state index contributed by atoms with van der Waals surface area (Å²) >= 11 is 0. The van der Waals surface area contributed by atoms with Gasteiger partial charge in [-0.2, -0.15) is 0 Å². The first-order chi connectivity index (χ1) is 9.35. The van der Waals surface area contributed by atoms with Gasteiger partial charge in [0.25, 0.3) is 0 Å². The van der Waals surface area contributed by atoms with E-state index in [1.54, 1.807) is 0 Å². The zero-order valence-electron chi connectivity index (χ0n) is 13.0. The predicted molar refractivity (Wildman–Crippen MR) is 82.6 cm³/mol. The number of benzene rings is 1. The lowest BCUT2D eigenvalue weighted by atomic mass is 10.1. The van der Waals surface area contributed by atoms with E-state index in [1.165, 1.54) is 24.0 Å². The van der Waals surface area contributed by atoms with Crippen LogP contribution in [0, 0.1) is 0 Å². The van der Waals surface area contributed by atoms with Gasteiger partial charge >= 0.3 is 0 Å². The molecule has 0 aromatic heterocycles. The average molecular weight is 274 g/mol. The number of carbonyl (C=O) groups is 1. The molecule has 1 aromatic carbocycles. The third-order valence-electron chi connectivity index (χ3n) is 3.53. The number of amides is 1. The summed E-state index contributed by atoms with van der Waals surface area (Å²) in [6.07, 6.45) is 2.67. The molecular formula is C17H26N2O. The number of rotatable bonds is 5. The predicted octanol–water partition coefficient (Wildman–Crippen LogP) is 2.96. The molecule has 1 aliphatic carbocycles. The molecule has 0 bridgehead atoms. The molecule has 1 atom stereocenters. The first-order valence-corrected chi connectivity index (χ1v) is 7.49. The molecule has 0 saturated heterocycles. The van der Waals surface area contributed by atoms with E-state index in [9.17, 15) is 4.79 Å². The van der Waals surface area contributed by atoms with E-state index in [2.05, 4.69) is 34.9 Å². The van der Waals surface area contributed by atoms with E-state index < -0.39 is 0 Å². The molecule has 3 heteroatoms. The summed E-state index contributed by atoms with van der Waals surface area (Å²) in [5, 5.41) is 6.26. The van der Waals surface area contributed by atoms with Gasteiger partial charge in [0, 0.05) is 12.1 Å². The molecule has 0 heterocycles. The van der Waals surface area contributed by atoms with Crippen molar-refractivity contribution in [1.29, 1.82) is 0 Å². The van der Waals surface area contributed by atoms with Gasteiger partial charge in [0.1, 0.15) is 0 Å². The third-order valence-corrected chi connectivity index (χ3v) is 3.53. The van der Waals surface area contributed by atoms with Crippen molar-refractivity contribution in [3.8, 4) is 0 Å². The quantitative estimate of drug-likeness (QED) is 0.866. The molecule has 0 spiro atoms. The molecule has 1 aliphatic rings. The Bertz CT molecular complexity index is 455. The standard InChI is InChI=1S/C17H26N2O/c1-12(16(20)19-17(2,3)4)18-11-13-5-7-14(8-6-13)15-9-10-15/h5-8,12,15,18H,9-11H2,1-4H3,(H,19,20). The lowest BCUT2D eigenvalue weighted by molar-refractivity contribution is -0.124. The lowest BCUT2D eigenvalue weighted by Gasteiger charge is -2.23. The Kier molecular flexibility index (Phi) is 4.48. The molecule has 3 nitrogen and oxygen atoms in total. The second-order valence-corrected chi connectivity index (χ2v) is 6.86. The van der Waals surface area contributed by atoms with Crippen molar-refractivity contribution in [2.75, 3.05) is 0 Å². The van der Waals surface area contributed by atoms with Crippen molar-refractivity contribution in [2.24, 2.45) is 0 Å². The van der Waals surface area contributed by atoms with Crippen molar-refractivity contribution in [3.05, 3.63) is 35.4 Å². The van der Waals surface area contributed by atoms with Crippen LogP contribution in [0.4, 0.5) is 0 Å². The number of hydrogen-bond donors (Lipinski definition) is 2. The monoisotopic (exact) mass is 274 g/mol. The highest BCUT2D eigenvalue weighted by molar-refractivity contribution is 5.81. The molecule has 2 N–H and O–H groups in total. The van der Waals surface area contributed by atoms with Crippen LogP contribution < -0.4 is 10.6 Å². The summed E-state index contributed by atoms with van der Waals surface area (Å²) in [5.74, 6) is 0.848. The lowest BCUT2D eigenvalue weighted by Crippen LogP contribution is -2.49. The van der Waals surface area contributed by atoms with Crippen LogP contribution in [-0.4, -0.2) is 17.5 Å². The highest BCUT2D eigenvalue weighted by Crippen LogP contribution is 2.39. The second kappa shape index (κ2) is 5.96. The Morgan fingerprint density at radius 1 is 1.25 bits per heavy atom. The van der Waals surface area contributed by atoms with E-state index in [4.69, 9.17) is 0 Å². The minimum absolute atomic E-state index is 0.0482. The van der Waals surface area contributed by atoms with E-state index in [0.29, 0.717) is 0 Å². The number of hydrogen-bond acceptors (Lipinski definition) is 2. The van der Waals surface area contributed by atoms with Crippen LogP contribution in [-0.2, 0) is 11.3 Å². The summed E-state index contributed by atoms with van der Waals surface area (Å²) < 4.78 is 0. The maximum atomic E-state index is 12.0. The van der Waals surface area contributed by atoms with Gasteiger partial charge in [-0.05, 0) is 57.6 Å². The largest absolute Gasteiger partial charge is 0.350 e. The van der Waals surface area contributed by atoms with Crippen molar-refractivity contribution in [3.63, 3.8) is 0 Å². The Balaban J connectivity index is 1.80. The Morgan fingerprint density at radius 3 is 2.35 bits per heavy atom. The minimum Gasteiger partial charge on any atom is -0.350 e. The van der Waals surface area contributed by atoms with Crippen LogP contribution in [0.3, 0.4) is 0 Å². The summed E-state index contributed by atoms with van der Waals surface area (Å²) in [6, 6.07) is 8.57. The van der Waals surface area contributed by atoms with Gasteiger partial charge in [0.15, 0.2) is 0 Å². The van der Waals surface area contributed by atoms with Gasteiger partial charge in [-0.15, -0.1) is 0 Å². The van der Waals surface area contributed by atoms with Gasteiger partial charge in [0.05, 0.1) is 6.04 Å². The van der Waals surface area contributed by atoms with E-state index in [0.717, 1.165) is 12.5 Å². The Morgan fingerprint density at radius 2 is 1.85 bits per heavy atom. The first-order valence-electron chi connectivity index (χ1n) is 7.49. The maximum absolute atomic E-state index is 12.0. The van der Waals surface area contributed by atoms with Crippen molar-refractivity contribution in [2.45, 2.75) is 64.6 Å². The topological polar surface area (TPSA) is 41.1 Å². The van der Waals surface area contributed by atoms with Crippen LogP contribution in [0.15, 0.2) is 24.3 Å². The van der Waals surface area contributed by atoms with Crippen LogP contribution in [0.2, 0.25) is 0 Å². The van der Waals surface area contributed by atoms with Crippen LogP contribution in [0.5, 0.6) is 0 Å². The van der Waals surface area contributed by atoms with Crippen LogP contribution >= 0.6 is 0 Å². The van der Waals surface area contributed by atoms with Crippen LogP contribution in [0.1, 0.15) is 57.6 Å². The molecule has 20 heavy (non-hydrogen) atoms. The molecule has 0 aliphatic heterocycles. The fourth-order valence-electron chi connectivity index (χ4n) is 2.17. The Labute approximate surface area is 122 Å². The van der Waals surface area contributed by atoms with E-state index >= 15 is 0 Å². The molecular weight excluding hydrogens is 248 g/mol. The summed E-state index contributed by atoms with van der Waals surface area (Å²) in [4.78, 5) is 12.0. The number of nitrogens with one attached hydrogen (secondary N) is 2. The fraction of sp³-hybridized carbons (Fsp3) is 0.588. The second-order valence-electron chi connectivity index (χ2n) is 6.86. The summed E-state index contributed by atoms with van der Waals surface area (Å²) in [5.41, 5.74) is 2.50. The highest BCUT2D eigenvalue weighted by atomic mass is 16.2. The Hall–Kier alpha value is -1.35. The molecule has 1 fully saturated rings. The zero-order chi connectivity index (χ0) is 14.8. The molecule has 0 radical (unpaired) electrons. The highest BCUT2D eigenvalue weighted by Gasteiger charge is 2.23. The molecule has 1 unspecified atom stereocenters. The van der Waals surface area contributed by atoms with Crippen molar-refractivity contribution < 1.29 is 4.79 Å². The van der Waals surface area contributed by atoms with E-state index in [-0.39, 0.29) is 17.5 Å². The van der Waals surface area contributed by atoms with Crippen molar-refractivity contribution >= 4 is 5.91 Å². The van der Waals surface area contributed by atoms with Gasteiger partial charge in [-0.25, -0.2) is 0 Å². The van der Waals surface area contributed by atoms with Gasteiger partial charge in [0.2, 0.25) is 5.91 Å². The average Bonchev–Trinajstić information content (AvgIpc) is 3.18. The van der Waals surface area contributed by atoms with Gasteiger partial charge in [-0.3, -0.25) is 4.79 Å². The molecule has 1 saturated carbocycles. The molecule has 1 amide bonds. The summed E-state index contributed by atoms with van der Waals surface area (Å²) in [6.45, 7) is 8.61. The summed E-state index contributed by atoms with van der Waals surface area (Å²) in [7, 11) is 0. The SMILES string of the molecule is CC(NCc1ccc(C2CC2)cc1)C(=O)NC(C)(C)C. The number of carbonyl (C=O) groups excluding carboxylic acids is 1. The third kappa shape index (κ3) is 4.64. The fourth-order valence-corrected chi connectivity index (χ4v) is 2.17.